The molecular formula is C51H30N4O2. The molecule has 12 rings (SSSR count). The summed E-state index contributed by atoms with van der Waals surface area (Å²) in [7, 11) is 0. The van der Waals surface area contributed by atoms with Gasteiger partial charge in [-0.05, 0) is 53.0 Å². The smallest absolute Gasteiger partial charge is 0.238 e. The summed E-state index contributed by atoms with van der Waals surface area (Å²) >= 11 is 0. The van der Waals surface area contributed by atoms with Gasteiger partial charge in [0.1, 0.15) is 22.3 Å². The van der Waals surface area contributed by atoms with Crippen LogP contribution in [0.3, 0.4) is 0 Å². The van der Waals surface area contributed by atoms with Crippen molar-refractivity contribution in [2.75, 3.05) is 0 Å². The minimum atomic E-state index is -0.604. The van der Waals surface area contributed by atoms with Crippen LogP contribution in [-0.2, 0) is 0 Å². The molecule has 0 fully saturated rings. The Morgan fingerprint density at radius 2 is 1.19 bits per heavy atom. The molecule has 0 unspecified atom stereocenters. The van der Waals surface area contributed by atoms with Crippen molar-refractivity contribution in [2.24, 2.45) is 0 Å². The number of nitrogens with zero attached hydrogens (tertiary/aromatic N) is 4. The van der Waals surface area contributed by atoms with Crippen molar-refractivity contribution in [3.05, 3.63) is 182 Å². The van der Waals surface area contributed by atoms with Gasteiger partial charge < -0.3 is 8.83 Å². The maximum absolute atomic E-state index is 9.50. The van der Waals surface area contributed by atoms with E-state index in [9.17, 15) is 6.85 Å². The van der Waals surface area contributed by atoms with Crippen LogP contribution in [-0.4, -0.2) is 19.5 Å². The molecule has 0 saturated carbocycles. The van der Waals surface area contributed by atoms with E-state index in [1.807, 2.05) is 6.07 Å². The van der Waals surface area contributed by atoms with Gasteiger partial charge in [0.25, 0.3) is 0 Å². The fourth-order valence-electron chi connectivity index (χ4n) is 7.60. The van der Waals surface area contributed by atoms with E-state index in [4.69, 9.17) is 36.1 Å². The number of hydrogen-bond donors (Lipinski definition) is 0. The molecule has 266 valence electrons. The number of benzene rings is 8. The standard InChI is InChI=1S/C51H30N4O2/c1-4-14-31(15-5-1)35-21-13-25-42-45(35)39-27-26-34(30-44(39)56-42)50-52-49(33-18-8-3-9-19-33)53-51(54-50)55-41-24-11-10-20-37(41)38-28-29-43-46(47(38)55)40-23-12-22-36(48(40)57-43)32-16-6-2-7-17-32/h1-30H/i1D,4D,5D,10D,11D,12D,14D,15D,20D,22D,23D,24D,28D,29D. The van der Waals surface area contributed by atoms with E-state index in [2.05, 4.69) is 0 Å². The van der Waals surface area contributed by atoms with Gasteiger partial charge in [-0.25, -0.2) is 4.98 Å². The minimum absolute atomic E-state index is 0.00420. The highest BCUT2D eigenvalue weighted by Crippen LogP contribution is 2.43. The van der Waals surface area contributed by atoms with Gasteiger partial charge in [-0.3, -0.25) is 4.57 Å². The van der Waals surface area contributed by atoms with Crippen LogP contribution in [0.2, 0.25) is 0 Å². The lowest BCUT2D eigenvalue weighted by Gasteiger charge is -2.11. The molecule has 4 heterocycles. The van der Waals surface area contributed by atoms with E-state index >= 15 is 0 Å². The molecule has 0 amide bonds. The molecule has 6 heteroatoms. The summed E-state index contributed by atoms with van der Waals surface area (Å²) in [5.41, 5.74) is 2.29. The van der Waals surface area contributed by atoms with Crippen molar-refractivity contribution in [3.8, 4) is 51.0 Å². The van der Waals surface area contributed by atoms with E-state index in [0.29, 0.717) is 44.2 Å². The van der Waals surface area contributed by atoms with Crippen LogP contribution >= 0.6 is 0 Å². The highest BCUT2D eigenvalue weighted by atomic mass is 16.3. The van der Waals surface area contributed by atoms with E-state index in [1.165, 1.54) is 4.57 Å². The lowest BCUT2D eigenvalue weighted by molar-refractivity contribution is 0.669. The first-order valence-electron chi connectivity index (χ1n) is 24.9. The quantitative estimate of drug-likeness (QED) is 0.175. The summed E-state index contributed by atoms with van der Waals surface area (Å²) in [4.78, 5) is 14.9. The molecule has 4 aromatic heterocycles. The van der Waals surface area contributed by atoms with Crippen molar-refractivity contribution in [1.82, 2.24) is 19.5 Å². The van der Waals surface area contributed by atoms with Gasteiger partial charge in [0.05, 0.1) is 35.6 Å². The number of hydrogen-bond acceptors (Lipinski definition) is 5. The van der Waals surface area contributed by atoms with E-state index in [-0.39, 0.29) is 90.6 Å². The monoisotopic (exact) mass is 744 g/mol. The molecule has 0 aliphatic carbocycles. The number of rotatable bonds is 5. The second-order valence-corrected chi connectivity index (χ2v) is 13.3. The molecule has 0 radical (unpaired) electrons. The van der Waals surface area contributed by atoms with Crippen LogP contribution in [0.4, 0.5) is 0 Å². The third-order valence-corrected chi connectivity index (χ3v) is 10.1. The maximum Gasteiger partial charge on any atom is 0.238 e. The number of furan rings is 2. The Morgan fingerprint density at radius 1 is 0.439 bits per heavy atom. The maximum atomic E-state index is 9.50. The normalized spacial score (nSPS) is 15.3. The second kappa shape index (κ2) is 12.3. The third-order valence-electron chi connectivity index (χ3n) is 10.1. The van der Waals surface area contributed by atoms with Crippen LogP contribution < -0.4 is 0 Å². The van der Waals surface area contributed by atoms with Crippen LogP contribution in [0.1, 0.15) is 19.2 Å². The molecule has 0 aliphatic rings. The van der Waals surface area contributed by atoms with Gasteiger partial charge in [0, 0.05) is 43.6 Å². The van der Waals surface area contributed by atoms with Gasteiger partial charge in [-0.15, -0.1) is 0 Å². The zero-order chi connectivity index (χ0) is 49.6. The van der Waals surface area contributed by atoms with E-state index in [1.54, 1.807) is 91.0 Å². The molecule has 6 nitrogen and oxygen atoms in total. The molecule has 0 atom stereocenters. The number of para-hydroxylation sites is 2. The van der Waals surface area contributed by atoms with Crippen molar-refractivity contribution in [3.63, 3.8) is 0 Å². The van der Waals surface area contributed by atoms with Crippen molar-refractivity contribution < 1.29 is 28.0 Å². The first-order chi connectivity index (χ1) is 34.1. The zero-order valence-electron chi connectivity index (χ0n) is 43.3. The summed E-state index contributed by atoms with van der Waals surface area (Å²) in [6.07, 6.45) is 0. The van der Waals surface area contributed by atoms with Gasteiger partial charge in [0.2, 0.25) is 5.95 Å². The molecule has 57 heavy (non-hydrogen) atoms. The Labute approximate surface area is 345 Å². The van der Waals surface area contributed by atoms with Gasteiger partial charge in [-0.1, -0.05) is 145 Å². The lowest BCUT2D eigenvalue weighted by Crippen LogP contribution is -2.06. The lowest BCUT2D eigenvalue weighted by atomic mass is 9.99. The summed E-state index contributed by atoms with van der Waals surface area (Å²) in [6.45, 7) is 0. The Balaban J connectivity index is 1.20. The summed E-state index contributed by atoms with van der Waals surface area (Å²) in [6, 6.07) is 21.3. The number of aromatic nitrogens is 4. The molecule has 8 aromatic carbocycles. The number of fused-ring (bicyclic) bond motifs is 10. The van der Waals surface area contributed by atoms with Gasteiger partial charge >= 0.3 is 0 Å². The Hall–Kier alpha value is -7.83. The first kappa shape index (κ1) is 20.7. The highest BCUT2D eigenvalue weighted by Gasteiger charge is 2.23. The zero-order valence-corrected chi connectivity index (χ0v) is 29.3. The Bertz CT molecular complexity index is 4320. The van der Waals surface area contributed by atoms with Crippen LogP contribution in [0, 0.1) is 0 Å². The Morgan fingerprint density at radius 3 is 2.04 bits per heavy atom. The third kappa shape index (κ3) is 4.87. The largest absolute Gasteiger partial charge is 0.456 e. The topological polar surface area (TPSA) is 69.9 Å². The van der Waals surface area contributed by atoms with Crippen molar-refractivity contribution in [1.29, 1.82) is 0 Å². The van der Waals surface area contributed by atoms with Crippen molar-refractivity contribution in [2.45, 2.75) is 0 Å². The summed E-state index contributed by atoms with van der Waals surface area (Å²) in [5, 5.41) is 0.880. The molecule has 0 saturated heterocycles. The highest BCUT2D eigenvalue weighted by molar-refractivity contribution is 6.25. The van der Waals surface area contributed by atoms with Crippen LogP contribution in [0.15, 0.2) is 190 Å². The fraction of sp³-hybridized carbons (Fsp3) is 0. The Kier molecular flexibility index (Phi) is 4.49. The van der Waals surface area contributed by atoms with Crippen LogP contribution in [0.25, 0.3) is 117 Å². The first-order valence-corrected chi connectivity index (χ1v) is 17.9. The van der Waals surface area contributed by atoms with Crippen molar-refractivity contribution >= 4 is 65.7 Å². The molecular weight excluding hydrogens is 701 g/mol. The van der Waals surface area contributed by atoms with E-state index < -0.39 is 66.5 Å². The van der Waals surface area contributed by atoms with Gasteiger partial charge in [0.15, 0.2) is 11.6 Å². The average molecular weight is 745 g/mol. The van der Waals surface area contributed by atoms with Gasteiger partial charge in [-0.2, -0.15) is 9.97 Å². The van der Waals surface area contributed by atoms with Crippen LogP contribution in [0.5, 0.6) is 0 Å². The summed E-state index contributed by atoms with van der Waals surface area (Å²) < 4.78 is 139. The second-order valence-electron chi connectivity index (χ2n) is 13.3. The molecule has 0 bridgehead atoms. The minimum Gasteiger partial charge on any atom is -0.456 e. The predicted molar refractivity (Wildman–Crippen MR) is 230 cm³/mol. The predicted octanol–water partition coefficient (Wildman–Crippen LogP) is 13.4. The fourth-order valence-corrected chi connectivity index (χ4v) is 7.60. The molecule has 0 spiro atoms. The molecule has 0 N–H and O–H groups in total. The average Bonchev–Trinajstić information content (AvgIpc) is 4.08. The molecule has 12 aromatic rings. The van der Waals surface area contributed by atoms with E-state index in [0.717, 1.165) is 0 Å². The molecule has 0 aliphatic heterocycles. The summed E-state index contributed by atoms with van der Waals surface area (Å²) in [5.74, 6) is 0.0121. The SMILES string of the molecule is [2H]c1c([2H])c([2H])c(-c2cccc3oc4cc(-c5nc(-c6ccccc6)nc(-n6c7c([2H])c([2H])c([2H])c([2H])c7c7c([2H])c([2H])c8oc9c(-c%10ccccc%10)c([2H])c([2H])c([2H])c9c8c76)n5)ccc4c23)c([2H])c1[2H].